The fourth-order valence-corrected chi connectivity index (χ4v) is 3.25. The zero-order valence-electron chi connectivity index (χ0n) is 14.3. The maximum absolute atomic E-state index is 6.30. The average molecular weight is 289 g/mol. The van der Waals surface area contributed by atoms with Crippen LogP contribution < -0.4 is 10.1 Å². The topological polar surface area (TPSA) is 21.3 Å². The van der Waals surface area contributed by atoms with E-state index in [9.17, 15) is 0 Å². The molecule has 3 unspecified atom stereocenters. The lowest BCUT2D eigenvalue weighted by Crippen LogP contribution is -2.45. The lowest BCUT2D eigenvalue weighted by molar-refractivity contribution is 0.0883. The van der Waals surface area contributed by atoms with E-state index in [0.29, 0.717) is 12.1 Å². The summed E-state index contributed by atoms with van der Waals surface area (Å²) in [5.74, 6) is 1.82. The van der Waals surface area contributed by atoms with Gasteiger partial charge in [-0.25, -0.2) is 0 Å². The van der Waals surface area contributed by atoms with Gasteiger partial charge in [0.1, 0.15) is 11.9 Å². The Kier molecular flexibility index (Phi) is 5.32. The molecule has 0 aromatic heterocycles. The number of nitrogens with one attached hydrogen (secondary N) is 1. The summed E-state index contributed by atoms with van der Waals surface area (Å²) in [6.45, 7) is 9.02. The van der Waals surface area contributed by atoms with E-state index < -0.39 is 0 Å². The predicted molar refractivity (Wildman–Crippen MR) is 90.0 cm³/mol. The lowest BCUT2D eigenvalue weighted by atomic mass is 9.82. The summed E-state index contributed by atoms with van der Waals surface area (Å²) in [5, 5.41) is 3.43. The molecule has 0 saturated heterocycles. The average Bonchev–Trinajstić information content (AvgIpc) is 2.46. The molecule has 1 saturated carbocycles. The van der Waals surface area contributed by atoms with E-state index in [1.165, 1.54) is 31.2 Å². The molecule has 0 bridgehead atoms. The van der Waals surface area contributed by atoms with Crippen LogP contribution in [0, 0.1) is 5.92 Å². The van der Waals surface area contributed by atoms with Gasteiger partial charge < -0.3 is 10.1 Å². The number of ether oxygens (including phenoxy) is 1. The Morgan fingerprint density at radius 2 is 1.81 bits per heavy atom. The maximum Gasteiger partial charge on any atom is 0.119 e. The number of benzene rings is 1. The number of hydrogen-bond acceptors (Lipinski definition) is 2. The molecule has 118 valence electrons. The summed E-state index contributed by atoms with van der Waals surface area (Å²) in [5.41, 5.74) is 1.56. The standard InChI is InChI=1S/C19H31NO/c1-6-14-7-12-17(20-5)18(13-14)21-16-10-8-15(9-11-16)19(2,3)4/h8-11,14,17-18,20H,6-7,12-13H2,1-5H3. The second-order valence-corrected chi connectivity index (χ2v) is 7.41. The van der Waals surface area contributed by atoms with Crippen molar-refractivity contribution in [3.63, 3.8) is 0 Å². The van der Waals surface area contributed by atoms with E-state index in [0.717, 1.165) is 11.7 Å². The van der Waals surface area contributed by atoms with Crippen LogP contribution in [0.4, 0.5) is 0 Å². The molecule has 2 heteroatoms. The van der Waals surface area contributed by atoms with E-state index in [2.05, 4.69) is 64.3 Å². The fourth-order valence-electron chi connectivity index (χ4n) is 3.25. The van der Waals surface area contributed by atoms with Gasteiger partial charge in [0.25, 0.3) is 0 Å². The molecular weight excluding hydrogens is 258 g/mol. The normalized spacial score (nSPS) is 26.6. The smallest absolute Gasteiger partial charge is 0.119 e. The first-order valence-corrected chi connectivity index (χ1v) is 8.38. The van der Waals surface area contributed by atoms with Gasteiger partial charge in [-0.05, 0) is 55.3 Å². The second-order valence-electron chi connectivity index (χ2n) is 7.41. The number of hydrogen-bond donors (Lipinski definition) is 1. The van der Waals surface area contributed by atoms with Gasteiger partial charge in [0.15, 0.2) is 0 Å². The molecule has 1 aliphatic carbocycles. The highest BCUT2D eigenvalue weighted by atomic mass is 16.5. The van der Waals surface area contributed by atoms with Crippen molar-refractivity contribution in [1.29, 1.82) is 0 Å². The van der Waals surface area contributed by atoms with Crippen molar-refractivity contribution in [1.82, 2.24) is 5.32 Å². The second kappa shape index (κ2) is 6.83. The van der Waals surface area contributed by atoms with Crippen LogP contribution in [0.5, 0.6) is 5.75 Å². The maximum atomic E-state index is 6.30. The van der Waals surface area contributed by atoms with Crippen molar-refractivity contribution in [2.24, 2.45) is 5.92 Å². The van der Waals surface area contributed by atoms with Crippen molar-refractivity contribution in [3.8, 4) is 5.75 Å². The van der Waals surface area contributed by atoms with Crippen molar-refractivity contribution >= 4 is 0 Å². The molecule has 0 heterocycles. The van der Waals surface area contributed by atoms with Gasteiger partial charge >= 0.3 is 0 Å². The largest absolute Gasteiger partial charge is 0.489 e. The first-order valence-electron chi connectivity index (χ1n) is 8.38. The predicted octanol–water partition coefficient (Wildman–Crippen LogP) is 4.53. The van der Waals surface area contributed by atoms with Crippen LogP contribution in [0.3, 0.4) is 0 Å². The molecule has 2 nitrogen and oxygen atoms in total. The summed E-state index contributed by atoms with van der Waals surface area (Å²) in [6.07, 6.45) is 5.28. The highest BCUT2D eigenvalue weighted by Crippen LogP contribution is 2.31. The van der Waals surface area contributed by atoms with Crippen LogP contribution in [0.25, 0.3) is 0 Å². The minimum atomic E-state index is 0.199. The SMILES string of the molecule is CCC1CCC(NC)C(Oc2ccc(C(C)(C)C)cc2)C1. The van der Waals surface area contributed by atoms with E-state index in [4.69, 9.17) is 4.74 Å². The van der Waals surface area contributed by atoms with Crippen molar-refractivity contribution < 1.29 is 4.74 Å². The van der Waals surface area contributed by atoms with Crippen molar-refractivity contribution in [3.05, 3.63) is 29.8 Å². The molecule has 1 aromatic carbocycles. The zero-order valence-corrected chi connectivity index (χ0v) is 14.3. The summed E-state index contributed by atoms with van der Waals surface area (Å²) in [7, 11) is 2.05. The molecule has 1 aliphatic rings. The molecule has 1 fully saturated rings. The van der Waals surface area contributed by atoms with Crippen LogP contribution >= 0.6 is 0 Å². The summed E-state index contributed by atoms with van der Waals surface area (Å²) >= 11 is 0. The van der Waals surface area contributed by atoms with Crippen LogP contribution in [-0.4, -0.2) is 19.2 Å². The Balaban J connectivity index is 2.05. The molecule has 3 atom stereocenters. The third-order valence-electron chi connectivity index (χ3n) is 4.86. The third-order valence-corrected chi connectivity index (χ3v) is 4.86. The lowest BCUT2D eigenvalue weighted by Gasteiger charge is -2.36. The molecule has 0 spiro atoms. The highest BCUT2D eigenvalue weighted by Gasteiger charge is 2.30. The first-order chi connectivity index (χ1) is 9.94. The summed E-state index contributed by atoms with van der Waals surface area (Å²) in [4.78, 5) is 0. The molecule has 0 aliphatic heterocycles. The Morgan fingerprint density at radius 1 is 1.14 bits per heavy atom. The van der Waals surface area contributed by atoms with Gasteiger partial charge in [0.2, 0.25) is 0 Å². The summed E-state index contributed by atoms with van der Waals surface area (Å²) < 4.78 is 6.30. The number of likely N-dealkylation sites (N-methyl/N-ethyl adjacent to an activating group) is 1. The van der Waals surface area contributed by atoms with E-state index >= 15 is 0 Å². The number of rotatable bonds is 4. The Labute approximate surface area is 130 Å². The first kappa shape index (κ1) is 16.4. The van der Waals surface area contributed by atoms with E-state index in [-0.39, 0.29) is 5.41 Å². The summed E-state index contributed by atoms with van der Waals surface area (Å²) in [6, 6.07) is 9.13. The van der Waals surface area contributed by atoms with Crippen LogP contribution in [0.15, 0.2) is 24.3 Å². The molecule has 1 aromatic rings. The molecule has 0 radical (unpaired) electrons. The zero-order chi connectivity index (χ0) is 15.5. The Hall–Kier alpha value is -1.02. The van der Waals surface area contributed by atoms with E-state index in [1.54, 1.807) is 0 Å². The molecular formula is C19H31NO. The molecule has 0 amide bonds. The monoisotopic (exact) mass is 289 g/mol. The Bertz CT molecular complexity index is 432. The quantitative estimate of drug-likeness (QED) is 0.879. The van der Waals surface area contributed by atoms with Crippen LogP contribution in [-0.2, 0) is 5.41 Å². The van der Waals surface area contributed by atoms with Crippen LogP contribution in [0.2, 0.25) is 0 Å². The minimum Gasteiger partial charge on any atom is -0.489 e. The van der Waals surface area contributed by atoms with Gasteiger partial charge in [-0.1, -0.05) is 46.2 Å². The van der Waals surface area contributed by atoms with Gasteiger partial charge in [-0.3, -0.25) is 0 Å². The molecule has 2 rings (SSSR count). The van der Waals surface area contributed by atoms with Gasteiger partial charge in [-0.2, -0.15) is 0 Å². The van der Waals surface area contributed by atoms with E-state index in [1.807, 2.05) is 0 Å². The minimum absolute atomic E-state index is 0.199. The van der Waals surface area contributed by atoms with Gasteiger partial charge in [-0.15, -0.1) is 0 Å². The fraction of sp³-hybridized carbons (Fsp3) is 0.684. The van der Waals surface area contributed by atoms with Crippen molar-refractivity contribution in [2.45, 2.75) is 70.9 Å². The van der Waals surface area contributed by atoms with Crippen molar-refractivity contribution in [2.75, 3.05) is 7.05 Å². The highest BCUT2D eigenvalue weighted by molar-refractivity contribution is 5.31. The van der Waals surface area contributed by atoms with Gasteiger partial charge in [0.05, 0.1) is 0 Å². The third kappa shape index (κ3) is 4.23. The molecule has 21 heavy (non-hydrogen) atoms. The Morgan fingerprint density at radius 3 is 2.33 bits per heavy atom. The molecule has 1 N–H and O–H groups in total. The van der Waals surface area contributed by atoms with Crippen LogP contribution in [0.1, 0.15) is 58.9 Å². The van der Waals surface area contributed by atoms with Gasteiger partial charge in [0, 0.05) is 6.04 Å².